The van der Waals surface area contributed by atoms with Crippen molar-refractivity contribution in [3.8, 4) is 0 Å². The monoisotopic (exact) mass is 419 g/mol. The fourth-order valence-corrected chi connectivity index (χ4v) is 4.14. The molecule has 4 nitrogen and oxygen atoms in total. The third-order valence-corrected chi connectivity index (χ3v) is 5.81. The van der Waals surface area contributed by atoms with Crippen LogP contribution in [0.4, 0.5) is 13.2 Å². The molecule has 0 aliphatic carbocycles. The van der Waals surface area contributed by atoms with Crippen molar-refractivity contribution < 1.29 is 18.0 Å². The third kappa shape index (κ3) is 5.39. The second kappa shape index (κ2) is 9.94. The van der Waals surface area contributed by atoms with Crippen molar-refractivity contribution in [3.05, 3.63) is 35.9 Å². The molecule has 0 bridgehead atoms. The van der Waals surface area contributed by atoms with Gasteiger partial charge in [0.15, 0.2) is 5.41 Å². The zero-order chi connectivity index (χ0) is 19.3. The quantitative estimate of drug-likeness (QED) is 0.743. The number of benzene rings is 1. The van der Waals surface area contributed by atoms with E-state index in [0.29, 0.717) is 19.0 Å². The molecule has 2 heterocycles. The minimum atomic E-state index is -4.55. The van der Waals surface area contributed by atoms with Crippen molar-refractivity contribution in [2.75, 3.05) is 32.7 Å². The summed E-state index contributed by atoms with van der Waals surface area (Å²) in [5.74, 6) is -0.437. The van der Waals surface area contributed by atoms with Crippen LogP contribution in [-0.2, 0) is 11.3 Å². The first-order chi connectivity index (χ1) is 12.9. The number of nitrogens with zero attached hydrogens (tertiary/aromatic N) is 1. The zero-order valence-electron chi connectivity index (χ0n) is 15.9. The molecular weight excluding hydrogens is 391 g/mol. The van der Waals surface area contributed by atoms with Gasteiger partial charge in [0.2, 0.25) is 5.91 Å². The van der Waals surface area contributed by atoms with E-state index in [-0.39, 0.29) is 31.9 Å². The highest BCUT2D eigenvalue weighted by molar-refractivity contribution is 5.85. The Kier molecular flexibility index (Phi) is 8.16. The van der Waals surface area contributed by atoms with Gasteiger partial charge in [-0.25, -0.2) is 0 Å². The van der Waals surface area contributed by atoms with Crippen LogP contribution < -0.4 is 10.6 Å². The van der Waals surface area contributed by atoms with Gasteiger partial charge < -0.3 is 10.6 Å². The number of piperidine rings is 1. The van der Waals surface area contributed by atoms with Gasteiger partial charge in [0, 0.05) is 19.6 Å². The highest BCUT2D eigenvalue weighted by atomic mass is 35.5. The molecule has 2 aliphatic rings. The van der Waals surface area contributed by atoms with Gasteiger partial charge in [-0.2, -0.15) is 13.2 Å². The number of hydrogen-bond acceptors (Lipinski definition) is 3. The molecule has 1 amide bonds. The molecule has 28 heavy (non-hydrogen) atoms. The minimum Gasteiger partial charge on any atom is -0.355 e. The van der Waals surface area contributed by atoms with Crippen LogP contribution in [0, 0.1) is 11.3 Å². The van der Waals surface area contributed by atoms with Gasteiger partial charge in [-0.05, 0) is 56.8 Å². The predicted octanol–water partition coefficient (Wildman–Crippen LogP) is 3.37. The normalized spacial score (nSPS) is 25.9. The molecule has 0 saturated carbocycles. The molecule has 2 atom stereocenters. The first-order valence-corrected chi connectivity index (χ1v) is 9.73. The molecule has 0 aromatic heterocycles. The van der Waals surface area contributed by atoms with E-state index >= 15 is 0 Å². The summed E-state index contributed by atoms with van der Waals surface area (Å²) in [7, 11) is 0. The minimum absolute atomic E-state index is 0. The number of amides is 1. The van der Waals surface area contributed by atoms with Crippen LogP contribution >= 0.6 is 12.4 Å². The Labute approximate surface area is 170 Å². The molecular formula is C20H29ClF3N3O. The van der Waals surface area contributed by atoms with Gasteiger partial charge in [0.25, 0.3) is 0 Å². The molecule has 1 aromatic rings. The lowest BCUT2D eigenvalue weighted by molar-refractivity contribution is -0.218. The summed E-state index contributed by atoms with van der Waals surface area (Å²) < 4.78 is 41.6. The summed E-state index contributed by atoms with van der Waals surface area (Å²) in [5, 5.41) is 5.88. The molecule has 158 valence electrons. The zero-order valence-corrected chi connectivity index (χ0v) is 16.7. The predicted molar refractivity (Wildman–Crippen MR) is 105 cm³/mol. The van der Waals surface area contributed by atoms with E-state index in [2.05, 4.69) is 10.6 Å². The number of halogens is 4. The molecule has 8 heteroatoms. The summed E-state index contributed by atoms with van der Waals surface area (Å²) in [6, 6.07) is 9.41. The molecule has 0 spiro atoms. The maximum atomic E-state index is 13.9. The topological polar surface area (TPSA) is 44.4 Å². The van der Waals surface area contributed by atoms with E-state index in [1.165, 1.54) is 0 Å². The van der Waals surface area contributed by atoms with Gasteiger partial charge in [0.05, 0.1) is 0 Å². The van der Waals surface area contributed by atoms with E-state index in [4.69, 9.17) is 0 Å². The number of carbonyl (C=O) groups excluding carboxylic acids is 1. The molecule has 2 unspecified atom stereocenters. The van der Waals surface area contributed by atoms with Crippen molar-refractivity contribution >= 4 is 18.3 Å². The third-order valence-electron chi connectivity index (χ3n) is 5.81. The Bertz CT molecular complexity index is 623. The number of hydrogen-bond donors (Lipinski definition) is 2. The van der Waals surface area contributed by atoms with Crippen molar-refractivity contribution in [1.82, 2.24) is 15.5 Å². The van der Waals surface area contributed by atoms with Gasteiger partial charge in [-0.3, -0.25) is 9.69 Å². The summed E-state index contributed by atoms with van der Waals surface area (Å²) >= 11 is 0. The number of likely N-dealkylation sites (tertiary alicyclic amines) is 1. The average Bonchev–Trinajstić information content (AvgIpc) is 3.09. The van der Waals surface area contributed by atoms with E-state index in [9.17, 15) is 18.0 Å². The van der Waals surface area contributed by atoms with Crippen LogP contribution in [0.3, 0.4) is 0 Å². The maximum Gasteiger partial charge on any atom is 0.404 e. The smallest absolute Gasteiger partial charge is 0.355 e. The molecule has 1 aromatic carbocycles. The van der Waals surface area contributed by atoms with Gasteiger partial charge in [0.1, 0.15) is 0 Å². The number of carbonyl (C=O) groups is 1. The number of rotatable bonds is 6. The lowest BCUT2D eigenvalue weighted by atomic mass is 9.85. The van der Waals surface area contributed by atoms with Gasteiger partial charge in [-0.1, -0.05) is 30.3 Å². The Morgan fingerprint density at radius 2 is 2.04 bits per heavy atom. The molecule has 2 saturated heterocycles. The van der Waals surface area contributed by atoms with Gasteiger partial charge >= 0.3 is 6.18 Å². The SMILES string of the molecule is Cl.O=C(NCCC1CCCNC1)C1(C(F)(F)F)CCN(Cc2ccccc2)C1. The fraction of sp³-hybridized carbons (Fsp3) is 0.650. The fourth-order valence-electron chi connectivity index (χ4n) is 4.14. The van der Waals surface area contributed by atoms with Gasteiger partial charge in [-0.15, -0.1) is 12.4 Å². The van der Waals surface area contributed by atoms with E-state index in [1.54, 1.807) is 4.90 Å². The van der Waals surface area contributed by atoms with E-state index in [1.807, 2.05) is 30.3 Å². The molecule has 3 rings (SSSR count). The molecule has 0 radical (unpaired) electrons. The van der Waals surface area contributed by atoms with Crippen molar-refractivity contribution in [2.24, 2.45) is 11.3 Å². The first kappa shape index (κ1) is 23.0. The number of alkyl halides is 3. The van der Waals surface area contributed by atoms with Crippen molar-refractivity contribution in [1.29, 1.82) is 0 Å². The standard InChI is InChI=1S/C20H28F3N3O.ClH/c21-20(22,23)19(18(27)25-11-8-16-7-4-10-24-13-16)9-12-26(15-19)14-17-5-2-1-3-6-17;/h1-3,5-6,16,24H,4,7-15H2,(H,25,27);1H. The highest BCUT2D eigenvalue weighted by Crippen LogP contribution is 2.46. The van der Waals surface area contributed by atoms with Crippen molar-refractivity contribution in [2.45, 2.75) is 38.4 Å². The van der Waals surface area contributed by atoms with Crippen molar-refractivity contribution in [3.63, 3.8) is 0 Å². The van der Waals surface area contributed by atoms with E-state index < -0.39 is 17.5 Å². The van der Waals surface area contributed by atoms with Crippen LogP contribution in [0.15, 0.2) is 30.3 Å². The molecule has 2 N–H and O–H groups in total. The summed E-state index contributed by atoms with van der Waals surface area (Å²) in [5.41, 5.74) is -1.34. The van der Waals surface area contributed by atoms with E-state index in [0.717, 1.165) is 37.9 Å². The average molecular weight is 420 g/mol. The lowest BCUT2D eigenvalue weighted by Crippen LogP contribution is -2.52. The number of nitrogens with one attached hydrogen (secondary N) is 2. The Hall–Kier alpha value is -1.31. The Morgan fingerprint density at radius 3 is 2.68 bits per heavy atom. The van der Waals surface area contributed by atoms with Crippen LogP contribution in [0.25, 0.3) is 0 Å². The maximum absolute atomic E-state index is 13.9. The van der Waals surface area contributed by atoms with Crippen LogP contribution in [0.5, 0.6) is 0 Å². The van der Waals surface area contributed by atoms with Crippen LogP contribution in [0.2, 0.25) is 0 Å². The van der Waals surface area contributed by atoms with Crippen LogP contribution in [-0.4, -0.2) is 49.7 Å². The summed E-state index contributed by atoms with van der Waals surface area (Å²) in [6.07, 6.45) is -1.85. The second-order valence-corrected chi connectivity index (χ2v) is 7.78. The Morgan fingerprint density at radius 1 is 1.29 bits per heavy atom. The summed E-state index contributed by atoms with van der Waals surface area (Å²) in [4.78, 5) is 14.3. The highest BCUT2D eigenvalue weighted by Gasteiger charge is 2.62. The van der Waals surface area contributed by atoms with Crippen LogP contribution in [0.1, 0.15) is 31.2 Å². The molecule has 2 aliphatic heterocycles. The first-order valence-electron chi connectivity index (χ1n) is 9.73. The Balaban J connectivity index is 0.00000280. The summed E-state index contributed by atoms with van der Waals surface area (Å²) in [6.45, 7) is 2.61. The lowest BCUT2D eigenvalue weighted by Gasteiger charge is -2.31. The largest absolute Gasteiger partial charge is 0.404 e. The second-order valence-electron chi connectivity index (χ2n) is 7.78. The molecule has 2 fully saturated rings.